The molecule has 0 spiro atoms. The molecule has 0 bridgehead atoms. The number of hydrogen-bond donors (Lipinski definition) is 2. The molecular weight excluding hydrogens is 254 g/mol. The highest BCUT2D eigenvalue weighted by Crippen LogP contribution is 2.11. The molecule has 118 valence electrons. The molecule has 0 saturated carbocycles. The summed E-state index contributed by atoms with van der Waals surface area (Å²) in [6, 6.07) is 0. The van der Waals surface area contributed by atoms with E-state index in [9.17, 15) is 4.79 Å². The molecule has 3 unspecified atom stereocenters. The highest BCUT2D eigenvalue weighted by molar-refractivity contribution is 5.78. The lowest BCUT2D eigenvalue weighted by atomic mass is 10.1. The first-order valence-corrected chi connectivity index (χ1v) is 7.83. The molecule has 0 aromatic carbocycles. The summed E-state index contributed by atoms with van der Waals surface area (Å²) in [5.41, 5.74) is 0. The van der Waals surface area contributed by atoms with E-state index in [-0.39, 0.29) is 11.8 Å². The summed E-state index contributed by atoms with van der Waals surface area (Å²) in [4.78, 5) is 14.2. The SMILES string of the molecule is CNCC(C)C(=O)NCCCCN1CC(C)OC(C)C1. The second-order valence-corrected chi connectivity index (χ2v) is 5.97. The molecular formula is C15H31N3O2. The van der Waals surface area contributed by atoms with Gasteiger partial charge in [0.25, 0.3) is 0 Å². The number of carbonyl (C=O) groups is 1. The van der Waals surface area contributed by atoms with Crippen LogP contribution in [0.5, 0.6) is 0 Å². The van der Waals surface area contributed by atoms with Gasteiger partial charge in [-0.2, -0.15) is 0 Å². The predicted molar refractivity (Wildman–Crippen MR) is 81.8 cm³/mol. The molecule has 0 aliphatic carbocycles. The molecule has 0 aromatic heterocycles. The number of nitrogens with zero attached hydrogens (tertiary/aromatic N) is 1. The van der Waals surface area contributed by atoms with Crippen LogP contribution in [0.1, 0.15) is 33.6 Å². The van der Waals surface area contributed by atoms with Crippen LogP contribution in [0.2, 0.25) is 0 Å². The van der Waals surface area contributed by atoms with Crippen LogP contribution in [0.15, 0.2) is 0 Å². The molecule has 1 aliphatic heterocycles. The fraction of sp³-hybridized carbons (Fsp3) is 0.933. The largest absolute Gasteiger partial charge is 0.373 e. The highest BCUT2D eigenvalue weighted by atomic mass is 16.5. The lowest BCUT2D eigenvalue weighted by Crippen LogP contribution is -2.45. The molecule has 20 heavy (non-hydrogen) atoms. The van der Waals surface area contributed by atoms with E-state index in [1.807, 2.05) is 14.0 Å². The van der Waals surface area contributed by atoms with E-state index in [0.717, 1.165) is 45.6 Å². The number of hydrogen-bond acceptors (Lipinski definition) is 4. The van der Waals surface area contributed by atoms with E-state index in [1.54, 1.807) is 0 Å². The number of rotatable bonds is 8. The number of carbonyl (C=O) groups excluding carboxylic acids is 1. The quantitative estimate of drug-likeness (QED) is 0.649. The Morgan fingerprint density at radius 1 is 1.30 bits per heavy atom. The van der Waals surface area contributed by atoms with Gasteiger partial charge in [0.1, 0.15) is 0 Å². The third-order valence-electron chi connectivity index (χ3n) is 3.65. The Kier molecular flexibility index (Phi) is 8.11. The van der Waals surface area contributed by atoms with Crippen LogP contribution in [0.25, 0.3) is 0 Å². The maximum atomic E-state index is 11.7. The molecule has 1 heterocycles. The van der Waals surface area contributed by atoms with Crippen molar-refractivity contribution in [1.82, 2.24) is 15.5 Å². The lowest BCUT2D eigenvalue weighted by molar-refractivity contribution is -0.124. The van der Waals surface area contributed by atoms with E-state index < -0.39 is 0 Å². The van der Waals surface area contributed by atoms with Crippen LogP contribution >= 0.6 is 0 Å². The zero-order chi connectivity index (χ0) is 15.0. The summed E-state index contributed by atoms with van der Waals surface area (Å²) in [5.74, 6) is 0.189. The Morgan fingerprint density at radius 2 is 1.95 bits per heavy atom. The molecule has 0 radical (unpaired) electrons. The Hall–Kier alpha value is -0.650. The van der Waals surface area contributed by atoms with E-state index in [1.165, 1.54) is 0 Å². The fourth-order valence-electron chi connectivity index (χ4n) is 2.71. The monoisotopic (exact) mass is 285 g/mol. The van der Waals surface area contributed by atoms with E-state index in [4.69, 9.17) is 4.74 Å². The van der Waals surface area contributed by atoms with Crippen molar-refractivity contribution in [3.8, 4) is 0 Å². The van der Waals surface area contributed by atoms with Crippen molar-refractivity contribution in [1.29, 1.82) is 0 Å². The Labute approximate surface area is 123 Å². The standard InChI is InChI=1S/C15H31N3O2/c1-12(9-16-4)15(19)17-7-5-6-8-18-10-13(2)20-14(3)11-18/h12-14,16H,5-11H2,1-4H3,(H,17,19). The zero-order valence-electron chi connectivity index (χ0n) is 13.4. The first-order valence-electron chi connectivity index (χ1n) is 7.83. The summed E-state index contributed by atoms with van der Waals surface area (Å²) < 4.78 is 5.72. The van der Waals surface area contributed by atoms with Gasteiger partial charge in [0, 0.05) is 32.1 Å². The maximum Gasteiger partial charge on any atom is 0.224 e. The van der Waals surface area contributed by atoms with Gasteiger partial charge in [0.15, 0.2) is 0 Å². The minimum absolute atomic E-state index is 0.0425. The smallest absolute Gasteiger partial charge is 0.224 e. The van der Waals surface area contributed by atoms with Gasteiger partial charge in [-0.25, -0.2) is 0 Å². The van der Waals surface area contributed by atoms with Crippen LogP contribution < -0.4 is 10.6 Å². The van der Waals surface area contributed by atoms with Crippen molar-refractivity contribution in [3.05, 3.63) is 0 Å². The molecule has 0 aromatic rings. The van der Waals surface area contributed by atoms with Gasteiger partial charge >= 0.3 is 0 Å². The number of unbranched alkanes of at least 4 members (excludes halogenated alkanes) is 1. The van der Waals surface area contributed by atoms with Crippen LogP contribution in [0.4, 0.5) is 0 Å². The van der Waals surface area contributed by atoms with E-state index >= 15 is 0 Å². The predicted octanol–water partition coefficient (Wildman–Crippen LogP) is 0.848. The second-order valence-electron chi connectivity index (χ2n) is 5.97. The Balaban J connectivity index is 2.06. The van der Waals surface area contributed by atoms with E-state index in [2.05, 4.69) is 29.4 Å². The van der Waals surface area contributed by atoms with Gasteiger partial charge in [-0.3, -0.25) is 9.69 Å². The number of amides is 1. The zero-order valence-corrected chi connectivity index (χ0v) is 13.4. The molecule has 1 saturated heterocycles. The van der Waals surface area contributed by atoms with Crippen LogP contribution in [0.3, 0.4) is 0 Å². The van der Waals surface area contributed by atoms with Gasteiger partial charge in [0.2, 0.25) is 5.91 Å². The molecule has 2 N–H and O–H groups in total. The average molecular weight is 285 g/mol. The third-order valence-corrected chi connectivity index (χ3v) is 3.65. The molecule has 5 nitrogen and oxygen atoms in total. The summed E-state index contributed by atoms with van der Waals surface area (Å²) in [6.45, 7) is 10.9. The molecule has 5 heteroatoms. The molecule has 1 fully saturated rings. The van der Waals surface area contributed by atoms with Crippen molar-refractivity contribution in [2.24, 2.45) is 5.92 Å². The number of morpholine rings is 1. The van der Waals surface area contributed by atoms with Crippen molar-refractivity contribution >= 4 is 5.91 Å². The lowest BCUT2D eigenvalue weighted by Gasteiger charge is -2.35. The molecule has 1 rings (SSSR count). The van der Waals surface area contributed by atoms with Crippen LogP contribution in [-0.4, -0.2) is 62.8 Å². The van der Waals surface area contributed by atoms with Crippen molar-refractivity contribution in [2.75, 3.05) is 39.8 Å². The van der Waals surface area contributed by atoms with Gasteiger partial charge in [0.05, 0.1) is 12.2 Å². The molecule has 1 aliphatic rings. The Morgan fingerprint density at radius 3 is 2.55 bits per heavy atom. The van der Waals surface area contributed by atoms with Crippen LogP contribution in [0, 0.1) is 5.92 Å². The van der Waals surface area contributed by atoms with Crippen LogP contribution in [-0.2, 0) is 9.53 Å². The maximum absolute atomic E-state index is 11.7. The average Bonchev–Trinajstić information content (AvgIpc) is 2.37. The summed E-state index contributed by atoms with van der Waals surface area (Å²) >= 11 is 0. The van der Waals surface area contributed by atoms with Gasteiger partial charge in [-0.05, 0) is 40.3 Å². The van der Waals surface area contributed by atoms with Gasteiger partial charge < -0.3 is 15.4 Å². The second kappa shape index (κ2) is 9.32. The molecule has 1 amide bonds. The van der Waals surface area contributed by atoms with Crippen molar-refractivity contribution in [2.45, 2.75) is 45.8 Å². The summed E-state index contributed by atoms with van der Waals surface area (Å²) in [5, 5.41) is 6.02. The highest BCUT2D eigenvalue weighted by Gasteiger charge is 2.21. The minimum atomic E-state index is 0.0425. The van der Waals surface area contributed by atoms with Crippen molar-refractivity contribution in [3.63, 3.8) is 0 Å². The summed E-state index contributed by atoms with van der Waals surface area (Å²) in [6.07, 6.45) is 2.83. The first kappa shape index (κ1) is 17.4. The molecule has 3 atom stereocenters. The fourth-order valence-corrected chi connectivity index (χ4v) is 2.71. The third kappa shape index (κ3) is 6.68. The number of ether oxygens (including phenoxy) is 1. The Bertz CT molecular complexity index is 276. The number of nitrogens with one attached hydrogen (secondary N) is 2. The first-order chi connectivity index (χ1) is 9.52. The topological polar surface area (TPSA) is 53.6 Å². The van der Waals surface area contributed by atoms with Gasteiger partial charge in [-0.1, -0.05) is 6.92 Å². The van der Waals surface area contributed by atoms with Crippen molar-refractivity contribution < 1.29 is 9.53 Å². The van der Waals surface area contributed by atoms with Gasteiger partial charge in [-0.15, -0.1) is 0 Å². The normalized spacial score (nSPS) is 25.4. The summed E-state index contributed by atoms with van der Waals surface area (Å²) in [7, 11) is 1.87. The van der Waals surface area contributed by atoms with E-state index in [0.29, 0.717) is 12.2 Å². The minimum Gasteiger partial charge on any atom is -0.373 e.